The van der Waals surface area contributed by atoms with Crippen molar-refractivity contribution in [2.24, 2.45) is 11.7 Å². The molecule has 5 nitrogen and oxygen atoms in total. The van der Waals surface area contributed by atoms with Crippen LogP contribution in [-0.2, 0) is 14.6 Å². The monoisotopic (exact) mass is 250 g/mol. The van der Waals surface area contributed by atoms with Crippen molar-refractivity contribution in [3.05, 3.63) is 0 Å². The van der Waals surface area contributed by atoms with Crippen LogP contribution in [0.25, 0.3) is 0 Å². The summed E-state index contributed by atoms with van der Waals surface area (Å²) in [6.45, 7) is 4.95. The fraction of sp³-hybridized carbons (Fsp3) is 0.900. The number of nitrogens with one attached hydrogen (secondary N) is 1. The van der Waals surface area contributed by atoms with E-state index in [9.17, 15) is 13.2 Å². The molecule has 1 amide bonds. The molecule has 0 radical (unpaired) electrons. The molecule has 0 aromatic carbocycles. The highest BCUT2D eigenvalue weighted by atomic mass is 32.2. The van der Waals surface area contributed by atoms with Crippen LogP contribution in [0.2, 0.25) is 0 Å². The Morgan fingerprint density at radius 3 is 2.50 bits per heavy atom. The molecule has 3 N–H and O–H groups in total. The molecule has 0 aromatic heterocycles. The Labute approximate surface area is 97.7 Å². The molecule has 0 unspecified atom stereocenters. The molecule has 6 heteroatoms. The first kappa shape index (κ1) is 15.4. The van der Waals surface area contributed by atoms with Gasteiger partial charge in [0.1, 0.15) is 5.75 Å². The van der Waals surface area contributed by atoms with E-state index in [2.05, 4.69) is 5.32 Å². The lowest BCUT2D eigenvalue weighted by molar-refractivity contribution is -0.118. The standard InChI is InChI=1S/C10H22N2O3S/c1-9(2)4-6-12-10(13)8-16(14,15)7-3-5-11/h9H,3-8,11H2,1-2H3,(H,12,13). The van der Waals surface area contributed by atoms with E-state index >= 15 is 0 Å². The van der Waals surface area contributed by atoms with Crippen molar-refractivity contribution in [1.29, 1.82) is 0 Å². The summed E-state index contributed by atoms with van der Waals surface area (Å²) in [5, 5.41) is 2.60. The van der Waals surface area contributed by atoms with E-state index in [-0.39, 0.29) is 5.75 Å². The van der Waals surface area contributed by atoms with Gasteiger partial charge in [-0.05, 0) is 25.3 Å². The van der Waals surface area contributed by atoms with Crippen LogP contribution in [-0.4, -0.2) is 38.9 Å². The van der Waals surface area contributed by atoms with Crippen LogP contribution < -0.4 is 11.1 Å². The Kier molecular flexibility index (Phi) is 7.33. The summed E-state index contributed by atoms with van der Waals surface area (Å²) >= 11 is 0. The zero-order valence-electron chi connectivity index (χ0n) is 10.0. The molecule has 0 aliphatic carbocycles. The molecule has 0 rings (SSSR count). The third-order valence-electron chi connectivity index (χ3n) is 2.05. The van der Waals surface area contributed by atoms with E-state index in [1.807, 2.05) is 13.8 Å². The van der Waals surface area contributed by atoms with E-state index < -0.39 is 21.5 Å². The third kappa shape index (κ3) is 8.67. The molecule has 0 atom stereocenters. The Hall–Kier alpha value is -0.620. The van der Waals surface area contributed by atoms with Crippen LogP contribution in [0.15, 0.2) is 0 Å². The Morgan fingerprint density at radius 2 is 2.00 bits per heavy atom. The highest BCUT2D eigenvalue weighted by molar-refractivity contribution is 7.92. The number of nitrogens with two attached hydrogens (primary N) is 1. The summed E-state index contributed by atoms with van der Waals surface area (Å²) in [5.74, 6) is -0.363. The summed E-state index contributed by atoms with van der Waals surface area (Å²) in [4.78, 5) is 11.3. The first-order valence-corrected chi connectivity index (χ1v) is 7.36. The fourth-order valence-corrected chi connectivity index (χ4v) is 2.38. The molecule has 0 heterocycles. The van der Waals surface area contributed by atoms with Gasteiger partial charge in [-0.1, -0.05) is 13.8 Å². The number of hydrogen-bond acceptors (Lipinski definition) is 4. The van der Waals surface area contributed by atoms with Crippen molar-refractivity contribution in [1.82, 2.24) is 5.32 Å². The van der Waals surface area contributed by atoms with Gasteiger partial charge in [0.2, 0.25) is 5.91 Å². The number of sulfone groups is 1. The average Bonchev–Trinajstić information content (AvgIpc) is 2.13. The molecule has 0 aromatic rings. The number of carbonyl (C=O) groups is 1. The van der Waals surface area contributed by atoms with Crippen LogP contribution in [0, 0.1) is 5.92 Å². The number of carbonyl (C=O) groups excluding carboxylic acids is 1. The molecule has 0 saturated carbocycles. The lowest BCUT2D eigenvalue weighted by Gasteiger charge is -2.07. The molecular weight excluding hydrogens is 228 g/mol. The second-order valence-electron chi connectivity index (χ2n) is 4.27. The lowest BCUT2D eigenvalue weighted by atomic mass is 10.1. The maximum Gasteiger partial charge on any atom is 0.235 e. The van der Waals surface area contributed by atoms with Gasteiger partial charge in [-0.25, -0.2) is 8.42 Å². The molecule has 0 spiro atoms. The van der Waals surface area contributed by atoms with Gasteiger partial charge in [-0.2, -0.15) is 0 Å². The molecule has 0 saturated heterocycles. The Bertz CT molecular complexity index is 299. The van der Waals surface area contributed by atoms with Gasteiger partial charge in [0, 0.05) is 6.54 Å². The zero-order chi connectivity index (χ0) is 12.6. The van der Waals surface area contributed by atoms with Gasteiger partial charge in [-0.3, -0.25) is 4.79 Å². The summed E-state index contributed by atoms with van der Waals surface area (Å²) < 4.78 is 22.8. The van der Waals surface area contributed by atoms with Crippen LogP contribution in [0.1, 0.15) is 26.7 Å². The van der Waals surface area contributed by atoms with Crippen molar-refractivity contribution in [2.45, 2.75) is 26.7 Å². The van der Waals surface area contributed by atoms with Crippen LogP contribution in [0.4, 0.5) is 0 Å². The fourth-order valence-electron chi connectivity index (χ4n) is 1.13. The summed E-state index contributed by atoms with van der Waals surface area (Å²) in [6.07, 6.45) is 1.26. The Morgan fingerprint density at radius 1 is 1.38 bits per heavy atom. The number of hydrogen-bond donors (Lipinski definition) is 2. The lowest BCUT2D eigenvalue weighted by Crippen LogP contribution is -2.32. The molecule has 16 heavy (non-hydrogen) atoms. The van der Waals surface area contributed by atoms with Crippen molar-refractivity contribution in [2.75, 3.05) is 24.6 Å². The zero-order valence-corrected chi connectivity index (χ0v) is 10.8. The van der Waals surface area contributed by atoms with Crippen LogP contribution >= 0.6 is 0 Å². The molecule has 96 valence electrons. The van der Waals surface area contributed by atoms with Gasteiger partial charge in [0.05, 0.1) is 5.75 Å². The normalized spacial score (nSPS) is 11.8. The maximum absolute atomic E-state index is 11.4. The molecular formula is C10H22N2O3S. The Balaban J connectivity index is 3.86. The van der Waals surface area contributed by atoms with Crippen LogP contribution in [0.3, 0.4) is 0 Å². The predicted molar refractivity (Wildman–Crippen MR) is 64.8 cm³/mol. The van der Waals surface area contributed by atoms with E-state index in [0.29, 0.717) is 25.4 Å². The minimum Gasteiger partial charge on any atom is -0.355 e. The van der Waals surface area contributed by atoms with Gasteiger partial charge in [0.25, 0.3) is 0 Å². The quantitative estimate of drug-likeness (QED) is 0.630. The SMILES string of the molecule is CC(C)CCNC(=O)CS(=O)(=O)CCCN. The van der Waals surface area contributed by atoms with Crippen molar-refractivity contribution < 1.29 is 13.2 Å². The van der Waals surface area contributed by atoms with Crippen molar-refractivity contribution in [3.8, 4) is 0 Å². The van der Waals surface area contributed by atoms with Gasteiger partial charge < -0.3 is 11.1 Å². The summed E-state index contributed by atoms with van der Waals surface area (Å²) in [7, 11) is -3.29. The average molecular weight is 250 g/mol. The first-order valence-electron chi connectivity index (χ1n) is 5.54. The molecule has 0 aliphatic heterocycles. The van der Waals surface area contributed by atoms with Crippen molar-refractivity contribution >= 4 is 15.7 Å². The van der Waals surface area contributed by atoms with E-state index in [1.54, 1.807) is 0 Å². The number of amides is 1. The molecule has 0 fully saturated rings. The second-order valence-corrected chi connectivity index (χ2v) is 6.45. The van der Waals surface area contributed by atoms with Gasteiger partial charge in [0.15, 0.2) is 9.84 Å². The predicted octanol–water partition coefficient (Wildman–Crippen LogP) is -0.0877. The minimum absolute atomic E-state index is 0.0128. The highest BCUT2D eigenvalue weighted by Crippen LogP contribution is 1.97. The smallest absolute Gasteiger partial charge is 0.235 e. The van der Waals surface area contributed by atoms with Crippen LogP contribution in [0.5, 0.6) is 0 Å². The second kappa shape index (κ2) is 7.62. The summed E-state index contributed by atoms with van der Waals surface area (Å²) in [5.41, 5.74) is 5.22. The van der Waals surface area contributed by atoms with Gasteiger partial charge >= 0.3 is 0 Å². The molecule has 0 bridgehead atoms. The first-order chi connectivity index (χ1) is 7.37. The highest BCUT2D eigenvalue weighted by Gasteiger charge is 2.15. The summed E-state index contributed by atoms with van der Waals surface area (Å²) in [6, 6.07) is 0. The maximum atomic E-state index is 11.4. The topological polar surface area (TPSA) is 89.3 Å². The largest absolute Gasteiger partial charge is 0.355 e. The minimum atomic E-state index is -3.29. The van der Waals surface area contributed by atoms with Crippen molar-refractivity contribution in [3.63, 3.8) is 0 Å². The third-order valence-corrected chi connectivity index (χ3v) is 3.67. The van der Waals surface area contributed by atoms with Gasteiger partial charge in [-0.15, -0.1) is 0 Å². The molecule has 0 aliphatic rings. The number of rotatable bonds is 8. The van der Waals surface area contributed by atoms with E-state index in [1.165, 1.54) is 0 Å². The van der Waals surface area contributed by atoms with E-state index in [0.717, 1.165) is 6.42 Å². The van der Waals surface area contributed by atoms with E-state index in [4.69, 9.17) is 5.73 Å².